The molecule has 2 aromatic heterocycles. The number of nitrogens with zero attached hydrogens (tertiary/aromatic N) is 3. The second kappa shape index (κ2) is 5.01. The van der Waals surface area contributed by atoms with Crippen molar-refractivity contribution in [1.82, 2.24) is 19.9 Å². The molecule has 0 radical (unpaired) electrons. The Morgan fingerprint density at radius 1 is 1.47 bits per heavy atom. The van der Waals surface area contributed by atoms with Crippen molar-refractivity contribution in [2.24, 2.45) is 0 Å². The van der Waals surface area contributed by atoms with Crippen LogP contribution in [0.15, 0.2) is 18.7 Å². The largest absolute Gasteiger partial charge is 0.382 e. The van der Waals surface area contributed by atoms with E-state index >= 15 is 0 Å². The van der Waals surface area contributed by atoms with Gasteiger partial charge in [0, 0.05) is 12.4 Å². The van der Waals surface area contributed by atoms with Crippen molar-refractivity contribution in [3.63, 3.8) is 0 Å². The van der Waals surface area contributed by atoms with Gasteiger partial charge in [0.1, 0.15) is 23.0 Å². The van der Waals surface area contributed by atoms with Gasteiger partial charge < -0.3 is 16.0 Å². The van der Waals surface area contributed by atoms with Gasteiger partial charge in [-0.2, -0.15) is 0 Å². The van der Waals surface area contributed by atoms with Crippen molar-refractivity contribution in [2.75, 3.05) is 11.1 Å². The van der Waals surface area contributed by atoms with E-state index in [4.69, 9.17) is 17.3 Å². The first-order chi connectivity index (χ1) is 8.22. The summed E-state index contributed by atoms with van der Waals surface area (Å²) in [4.78, 5) is 15.1. The van der Waals surface area contributed by atoms with Crippen LogP contribution in [0.4, 0.5) is 11.6 Å². The van der Waals surface area contributed by atoms with Crippen LogP contribution >= 0.6 is 11.6 Å². The maximum Gasteiger partial charge on any atom is 0.151 e. The number of anilines is 2. The van der Waals surface area contributed by atoms with Crippen molar-refractivity contribution >= 4 is 23.2 Å². The predicted molar refractivity (Wildman–Crippen MR) is 66.7 cm³/mol. The zero-order chi connectivity index (χ0) is 12.3. The molecule has 2 aromatic rings. The predicted octanol–water partition coefficient (Wildman–Crippen LogP) is 2.00. The third-order valence-electron chi connectivity index (χ3n) is 2.39. The minimum absolute atomic E-state index is 0.0109. The second-order valence-corrected chi connectivity index (χ2v) is 3.88. The standard InChI is InChI=1S/C10H13ClN6/c1-2-6(9-13-3-4-14-9)17-10-7(11)8(12)15-5-16-10/h3-6H,2H2,1H3,(H,13,14)(H3,12,15,16,17). The molecule has 2 rings (SSSR count). The molecule has 0 spiro atoms. The van der Waals surface area contributed by atoms with Crippen molar-refractivity contribution in [3.8, 4) is 0 Å². The lowest BCUT2D eigenvalue weighted by Gasteiger charge is -2.16. The van der Waals surface area contributed by atoms with Gasteiger partial charge in [0.05, 0.1) is 6.04 Å². The molecular weight excluding hydrogens is 240 g/mol. The molecule has 0 amide bonds. The first-order valence-corrected chi connectivity index (χ1v) is 5.62. The SMILES string of the molecule is CCC(Nc1ncnc(N)c1Cl)c1ncc[nH]1. The van der Waals surface area contributed by atoms with E-state index in [-0.39, 0.29) is 11.9 Å². The van der Waals surface area contributed by atoms with Crippen molar-refractivity contribution < 1.29 is 0 Å². The zero-order valence-corrected chi connectivity index (χ0v) is 10.1. The molecule has 0 bridgehead atoms. The lowest BCUT2D eigenvalue weighted by molar-refractivity contribution is 0.700. The molecule has 0 aliphatic carbocycles. The second-order valence-electron chi connectivity index (χ2n) is 3.50. The third-order valence-corrected chi connectivity index (χ3v) is 2.76. The monoisotopic (exact) mass is 252 g/mol. The van der Waals surface area contributed by atoms with Gasteiger partial charge in [-0.15, -0.1) is 0 Å². The first kappa shape index (κ1) is 11.7. The maximum absolute atomic E-state index is 6.01. The third kappa shape index (κ3) is 2.47. The molecule has 7 heteroatoms. The number of halogens is 1. The van der Waals surface area contributed by atoms with Gasteiger partial charge >= 0.3 is 0 Å². The molecule has 1 atom stereocenters. The molecule has 0 aliphatic rings. The average Bonchev–Trinajstić information content (AvgIpc) is 2.85. The molecular formula is C10H13ClN6. The molecule has 0 aromatic carbocycles. The van der Waals surface area contributed by atoms with Crippen LogP contribution in [0, 0.1) is 0 Å². The summed E-state index contributed by atoms with van der Waals surface area (Å²) in [6.07, 6.45) is 5.69. The van der Waals surface area contributed by atoms with Crippen molar-refractivity contribution in [1.29, 1.82) is 0 Å². The Hall–Kier alpha value is -1.82. The minimum atomic E-state index is 0.0109. The molecule has 0 saturated heterocycles. The molecule has 90 valence electrons. The van der Waals surface area contributed by atoms with Crippen molar-refractivity contribution in [2.45, 2.75) is 19.4 Å². The summed E-state index contributed by atoms with van der Waals surface area (Å²) in [7, 11) is 0. The molecule has 4 N–H and O–H groups in total. The van der Waals surface area contributed by atoms with E-state index in [1.54, 1.807) is 12.4 Å². The van der Waals surface area contributed by atoms with Crippen molar-refractivity contribution in [3.05, 3.63) is 29.6 Å². The highest BCUT2D eigenvalue weighted by molar-refractivity contribution is 6.35. The fourth-order valence-corrected chi connectivity index (χ4v) is 1.63. The summed E-state index contributed by atoms with van der Waals surface area (Å²) in [5, 5.41) is 3.51. The lowest BCUT2D eigenvalue weighted by Crippen LogP contribution is -2.13. The molecule has 0 aliphatic heterocycles. The molecule has 6 nitrogen and oxygen atoms in total. The summed E-state index contributed by atoms with van der Waals surface area (Å²) in [6.45, 7) is 2.04. The van der Waals surface area contributed by atoms with E-state index < -0.39 is 0 Å². The zero-order valence-electron chi connectivity index (χ0n) is 9.31. The van der Waals surface area contributed by atoms with E-state index in [0.717, 1.165) is 12.2 Å². The Bertz CT molecular complexity index is 484. The fourth-order valence-electron chi connectivity index (χ4n) is 1.48. The summed E-state index contributed by atoms with van der Waals surface area (Å²) >= 11 is 6.01. The van der Waals surface area contributed by atoms with E-state index in [1.807, 2.05) is 6.92 Å². The van der Waals surface area contributed by atoms with E-state index in [1.165, 1.54) is 6.33 Å². The maximum atomic E-state index is 6.01. The Kier molecular flexibility index (Phi) is 3.43. The van der Waals surface area contributed by atoms with Gasteiger partial charge in [0.15, 0.2) is 5.82 Å². The molecule has 0 saturated carbocycles. The quantitative estimate of drug-likeness (QED) is 0.774. The van der Waals surface area contributed by atoms with Gasteiger partial charge in [-0.05, 0) is 6.42 Å². The summed E-state index contributed by atoms with van der Waals surface area (Å²) in [5.74, 6) is 1.61. The number of hydrogen-bond acceptors (Lipinski definition) is 5. The van der Waals surface area contributed by atoms with Gasteiger partial charge in [0.2, 0.25) is 0 Å². The molecule has 17 heavy (non-hydrogen) atoms. The highest BCUT2D eigenvalue weighted by atomic mass is 35.5. The molecule has 2 heterocycles. The fraction of sp³-hybridized carbons (Fsp3) is 0.300. The van der Waals surface area contributed by atoms with Crippen LogP contribution in [0.5, 0.6) is 0 Å². The number of aromatic nitrogens is 4. The Morgan fingerprint density at radius 2 is 2.29 bits per heavy atom. The Balaban J connectivity index is 2.22. The smallest absolute Gasteiger partial charge is 0.151 e. The minimum Gasteiger partial charge on any atom is -0.382 e. The normalized spacial score (nSPS) is 12.4. The Morgan fingerprint density at radius 3 is 2.94 bits per heavy atom. The van der Waals surface area contributed by atoms with Gasteiger partial charge in [-0.3, -0.25) is 0 Å². The van der Waals surface area contributed by atoms with E-state index in [2.05, 4.69) is 25.3 Å². The highest BCUT2D eigenvalue weighted by Gasteiger charge is 2.15. The van der Waals surface area contributed by atoms with E-state index in [9.17, 15) is 0 Å². The van der Waals surface area contributed by atoms with Gasteiger partial charge in [-0.1, -0.05) is 18.5 Å². The van der Waals surface area contributed by atoms with Crippen LogP contribution in [0.2, 0.25) is 5.02 Å². The van der Waals surface area contributed by atoms with Gasteiger partial charge in [-0.25, -0.2) is 15.0 Å². The number of imidazole rings is 1. The van der Waals surface area contributed by atoms with Crippen LogP contribution in [-0.2, 0) is 0 Å². The van der Waals surface area contributed by atoms with Crippen LogP contribution < -0.4 is 11.1 Å². The first-order valence-electron chi connectivity index (χ1n) is 5.24. The topological polar surface area (TPSA) is 92.5 Å². The van der Waals surface area contributed by atoms with Gasteiger partial charge in [0.25, 0.3) is 0 Å². The number of rotatable bonds is 4. The number of aromatic amines is 1. The Labute approximate surface area is 104 Å². The summed E-state index contributed by atoms with van der Waals surface area (Å²) in [5.41, 5.74) is 5.61. The molecule has 0 fully saturated rings. The number of nitrogen functional groups attached to an aromatic ring is 1. The van der Waals surface area contributed by atoms with Crippen LogP contribution in [0.3, 0.4) is 0 Å². The number of hydrogen-bond donors (Lipinski definition) is 3. The summed E-state index contributed by atoms with van der Waals surface area (Å²) in [6, 6.07) is 0.0109. The highest BCUT2D eigenvalue weighted by Crippen LogP contribution is 2.27. The number of nitrogens with two attached hydrogens (primary N) is 1. The number of nitrogens with one attached hydrogen (secondary N) is 2. The molecule has 1 unspecified atom stereocenters. The number of H-pyrrole nitrogens is 1. The lowest BCUT2D eigenvalue weighted by atomic mass is 10.2. The van der Waals surface area contributed by atoms with Crippen LogP contribution in [0.25, 0.3) is 0 Å². The van der Waals surface area contributed by atoms with Crippen LogP contribution in [0.1, 0.15) is 25.2 Å². The average molecular weight is 253 g/mol. The summed E-state index contributed by atoms with van der Waals surface area (Å²) < 4.78 is 0. The van der Waals surface area contributed by atoms with E-state index in [0.29, 0.717) is 10.8 Å². The van der Waals surface area contributed by atoms with Crippen LogP contribution in [-0.4, -0.2) is 19.9 Å².